The maximum absolute atomic E-state index is 5.47. The van der Waals surface area contributed by atoms with Crippen LogP contribution in [-0.2, 0) is 18.9 Å². The number of allylic oxidation sites excluding steroid dienone is 4. The molecule has 0 spiro atoms. The normalized spacial score (nSPS) is 12.2. The van der Waals surface area contributed by atoms with Gasteiger partial charge in [0.25, 0.3) is 0 Å². The standard InChI is InChI=1S/C58H84N6O4/c1-9-13-37-59(38-14-10-2)49-17-25-53(26-18-49)63(54-27-19-50(20-28-54)60(39-15-11-3)40-16-12-4)57-33-35-58(36-34-57)64(55-29-21-51(22-30-55)61(41-45-65-5)42-46-66-6)56-31-23-52(24-32-56)62(43-47-67-7)44-48-68-8/h17-36H,9-16,37-48H2,1-8H3/q+2. The number of unbranched alkanes of at least 4 members (excludes halogenated alkanes) is 4. The SMILES string of the molecule is CCCCN(CCCC)c1ccc([N+](=C2C=CC(=[N+](c3ccc(N(CCOC)CCOC)cc3)c3ccc(N(CCOC)CCOC)cc3)C=C2)c2ccc(N(CCCC)CCCC)cc2)cc1. The Morgan fingerprint density at radius 1 is 0.309 bits per heavy atom. The van der Waals surface area contributed by atoms with Crippen LogP contribution in [-0.4, -0.2) is 119 Å². The summed E-state index contributed by atoms with van der Waals surface area (Å²) in [5.41, 5.74) is 11.4. The molecule has 0 fully saturated rings. The van der Waals surface area contributed by atoms with Gasteiger partial charge in [-0.1, -0.05) is 53.4 Å². The first kappa shape index (κ1) is 53.7. The van der Waals surface area contributed by atoms with Gasteiger partial charge in [0, 0.05) is 176 Å². The van der Waals surface area contributed by atoms with Crippen molar-refractivity contribution in [3.8, 4) is 0 Å². The van der Waals surface area contributed by atoms with Crippen molar-refractivity contribution >= 4 is 56.9 Å². The molecule has 0 atom stereocenters. The van der Waals surface area contributed by atoms with Gasteiger partial charge in [-0.3, -0.25) is 0 Å². The van der Waals surface area contributed by atoms with Gasteiger partial charge in [0.2, 0.25) is 34.2 Å². The predicted octanol–water partition coefficient (Wildman–Crippen LogP) is 12.1. The number of rotatable bonds is 32. The fourth-order valence-corrected chi connectivity index (χ4v) is 8.58. The average Bonchev–Trinajstić information content (AvgIpc) is 3.38. The molecule has 1 aliphatic rings. The molecule has 0 radical (unpaired) electrons. The summed E-state index contributed by atoms with van der Waals surface area (Å²) in [6, 6.07) is 36.2. The molecule has 68 heavy (non-hydrogen) atoms. The van der Waals surface area contributed by atoms with Crippen LogP contribution < -0.4 is 28.8 Å². The van der Waals surface area contributed by atoms with Crippen molar-refractivity contribution in [2.24, 2.45) is 0 Å². The van der Waals surface area contributed by atoms with Crippen molar-refractivity contribution in [3.63, 3.8) is 0 Å². The van der Waals surface area contributed by atoms with Crippen molar-refractivity contribution in [2.45, 2.75) is 79.1 Å². The summed E-state index contributed by atoms with van der Waals surface area (Å²) in [6.07, 6.45) is 18.6. The van der Waals surface area contributed by atoms with E-state index in [-0.39, 0.29) is 0 Å². The second kappa shape index (κ2) is 30.3. The highest BCUT2D eigenvalue weighted by Gasteiger charge is 2.25. The zero-order valence-corrected chi connectivity index (χ0v) is 43.0. The van der Waals surface area contributed by atoms with E-state index in [4.69, 9.17) is 18.9 Å². The maximum atomic E-state index is 5.47. The Kier molecular flexibility index (Phi) is 23.9. The van der Waals surface area contributed by atoms with Gasteiger partial charge in [-0.25, -0.2) is 0 Å². The Labute approximate surface area is 410 Å². The molecule has 368 valence electrons. The van der Waals surface area contributed by atoms with Crippen LogP contribution in [0.3, 0.4) is 0 Å². The van der Waals surface area contributed by atoms with E-state index in [1.165, 1.54) is 62.7 Å². The summed E-state index contributed by atoms with van der Waals surface area (Å²) < 4.78 is 26.6. The fraction of sp³-hybridized carbons (Fsp3) is 0.483. The molecule has 4 aromatic carbocycles. The summed E-state index contributed by atoms with van der Waals surface area (Å²) in [5, 5.41) is 0. The lowest BCUT2D eigenvalue weighted by atomic mass is 10.1. The second-order valence-electron chi connectivity index (χ2n) is 17.6. The summed E-state index contributed by atoms with van der Waals surface area (Å²) in [6.45, 7) is 19.1. The fourth-order valence-electron chi connectivity index (χ4n) is 8.58. The van der Waals surface area contributed by atoms with E-state index in [0.29, 0.717) is 26.4 Å². The number of ether oxygens (including phenoxy) is 4. The third kappa shape index (κ3) is 15.9. The summed E-state index contributed by atoms with van der Waals surface area (Å²) in [7, 11) is 7.00. The molecule has 10 nitrogen and oxygen atoms in total. The monoisotopic (exact) mass is 929 g/mol. The van der Waals surface area contributed by atoms with E-state index in [9.17, 15) is 0 Å². The van der Waals surface area contributed by atoms with Gasteiger partial charge >= 0.3 is 0 Å². The Morgan fingerprint density at radius 2 is 0.515 bits per heavy atom. The maximum Gasteiger partial charge on any atom is 0.212 e. The highest BCUT2D eigenvalue weighted by atomic mass is 16.5. The van der Waals surface area contributed by atoms with Crippen LogP contribution in [0.4, 0.5) is 45.5 Å². The molecule has 0 saturated heterocycles. The van der Waals surface area contributed by atoms with Crippen LogP contribution in [0.25, 0.3) is 0 Å². The summed E-state index contributed by atoms with van der Waals surface area (Å²) in [4.78, 5) is 9.75. The highest BCUT2D eigenvalue weighted by Crippen LogP contribution is 2.31. The number of methoxy groups -OCH3 is 4. The number of hydrogen-bond acceptors (Lipinski definition) is 8. The van der Waals surface area contributed by atoms with Crippen LogP contribution in [0.2, 0.25) is 0 Å². The van der Waals surface area contributed by atoms with E-state index in [1.54, 1.807) is 28.4 Å². The topological polar surface area (TPSA) is 55.9 Å². The van der Waals surface area contributed by atoms with Crippen LogP contribution in [0.15, 0.2) is 121 Å². The van der Waals surface area contributed by atoms with Gasteiger partial charge in [-0.15, -0.1) is 0 Å². The summed E-state index contributed by atoms with van der Waals surface area (Å²) in [5.74, 6) is 0. The Balaban J connectivity index is 1.63. The smallest absolute Gasteiger partial charge is 0.212 e. The number of anilines is 4. The molecule has 10 heteroatoms. The first-order chi connectivity index (χ1) is 33.4. The molecular formula is C58H84N6O4+2. The van der Waals surface area contributed by atoms with Crippen molar-refractivity contribution < 1.29 is 18.9 Å². The van der Waals surface area contributed by atoms with Crippen molar-refractivity contribution in [1.29, 1.82) is 0 Å². The number of nitrogens with zero attached hydrogens (tertiary/aromatic N) is 6. The Morgan fingerprint density at radius 3 is 0.706 bits per heavy atom. The van der Waals surface area contributed by atoms with E-state index in [0.717, 1.165) is 97.9 Å². The van der Waals surface area contributed by atoms with E-state index < -0.39 is 0 Å². The van der Waals surface area contributed by atoms with Crippen LogP contribution >= 0.6 is 0 Å². The molecule has 5 rings (SSSR count). The third-order valence-corrected chi connectivity index (χ3v) is 12.6. The minimum atomic E-state index is 0.639. The minimum Gasteiger partial charge on any atom is -0.383 e. The molecule has 0 aromatic heterocycles. The molecule has 0 unspecified atom stereocenters. The Hall–Kier alpha value is -5.26. The van der Waals surface area contributed by atoms with Crippen molar-refractivity contribution in [1.82, 2.24) is 9.15 Å². The van der Waals surface area contributed by atoms with Crippen LogP contribution in [0.5, 0.6) is 0 Å². The van der Waals surface area contributed by atoms with Gasteiger partial charge < -0.3 is 38.5 Å². The lowest BCUT2D eigenvalue weighted by Gasteiger charge is -2.25. The van der Waals surface area contributed by atoms with Crippen molar-refractivity contribution in [3.05, 3.63) is 121 Å². The molecule has 4 aromatic rings. The zero-order chi connectivity index (χ0) is 48.4. The average molecular weight is 929 g/mol. The molecule has 0 bridgehead atoms. The molecule has 0 N–H and O–H groups in total. The van der Waals surface area contributed by atoms with Gasteiger partial charge in [0.05, 0.1) is 26.4 Å². The second-order valence-corrected chi connectivity index (χ2v) is 17.6. The van der Waals surface area contributed by atoms with E-state index in [1.807, 2.05) is 0 Å². The van der Waals surface area contributed by atoms with E-state index in [2.05, 4.69) is 178 Å². The molecular weight excluding hydrogens is 845 g/mol. The van der Waals surface area contributed by atoms with Crippen molar-refractivity contribution in [2.75, 3.05) is 127 Å². The number of hydrogen-bond donors (Lipinski definition) is 0. The molecule has 0 heterocycles. The third-order valence-electron chi connectivity index (χ3n) is 12.6. The lowest BCUT2D eigenvalue weighted by Crippen LogP contribution is -2.30. The molecule has 0 aliphatic heterocycles. The first-order valence-electron chi connectivity index (χ1n) is 25.5. The number of benzene rings is 4. The van der Waals surface area contributed by atoms with E-state index >= 15 is 0 Å². The molecule has 0 amide bonds. The predicted molar refractivity (Wildman–Crippen MR) is 293 cm³/mol. The minimum absolute atomic E-state index is 0.639. The zero-order valence-electron chi connectivity index (χ0n) is 43.0. The quantitative estimate of drug-likeness (QED) is 0.0355. The van der Waals surface area contributed by atoms with Gasteiger partial charge in [-0.05, 0) is 74.2 Å². The highest BCUT2D eigenvalue weighted by molar-refractivity contribution is 6.20. The lowest BCUT2D eigenvalue weighted by molar-refractivity contribution is 0.190. The largest absolute Gasteiger partial charge is 0.383 e. The summed E-state index contributed by atoms with van der Waals surface area (Å²) >= 11 is 0. The van der Waals surface area contributed by atoms with Gasteiger partial charge in [0.1, 0.15) is 0 Å². The Bertz CT molecular complexity index is 1810. The first-order valence-corrected chi connectivity index (χ1v) is 25.5. The van der Waals surface area contributed by atoms with Crippen LogP contribution in [0, 0.1) is 0 Å². The van der Waals surface area contributed by atoms with Gasteiger partial charge in [-0.2, -0.15) is 9.15 Å². The van der Waals surface area contributed by atoms with Gasteiger partial charge in [0.15, 0.2) is 0 Å². The van der Waals surface area contributed by atoms with Crippen LogP contribution in [0.1, 0.15) is 79.1 Å². The molecule has 1 aliphatic carbocycles. The molecule has 0 saturated carbocycles.